The smallest absolute Gasteiger partial charge is 0.0542 e. The molecule has 8 rings (SSSR count). The van der Waals surface area contributed by atoms with Crippen LogP contribution in [0, 0.1) is 0 Å². The molecule has 2 nitrogen and oxygen atoms in total. The van der Waals surface area contributed by atoms with Crippen LogP contribution in [-0.4, -0.2) is 4.57 Å². The maximum absolute atomic E-state index is 2.37. The lowest BCUT2D eigenvalue weighted by Gasteiger charge is -2.26. The van der Waals surface area contributed by atoms with E-state index < -0.39 is 0 Å². The average molecular weight is 511 g/mol. The molecule has 1 heterocycles. The molecule has 0 atom stereocenters. The van der Waals surface area contributed by atoms with Crippen LogP contribution in [0.5, 0.6) is 0 Å². The van der Waals surface area contributed by atoms with Crippen LogP contribution < -0.4 is 4.90 Å². The van der Waals surface area contributed by atoms with Crippen molar-refractivity contribution in [3.63, 3.8) is 0 Å². The molecule has 0 unspecified atom stereocenters. The Morgan fingerprint density at radius 1 is 0.350 bits per heavy atom. The quantitative estimate of drug-likeness (QED) is 0.214. The van der Waals surface area contributed by atoms with Gasteiger partial charge in [-0.1, -0.05) is 97.1 Å². The third kappa shape index (κ3) is 3.58. The van der Waals surface area contributed by atoms with Crippen molar-refractivity contribution in [3.05, 3.63) is 158 Å². The van der Waals surface area contributed by atoms with Gasteiger partial charge in [0.05, 0.1) is 11.0 Å². The van der Waals surface area contributed by atoms with Crippen molar-refractivity contribution in [3.8, 4) is 5.69 Å². The molecule has 0 radical (unpaired) electrons. The normalized spacial score (nSPS) is 11.5. The maximum Gasteiger partial charge on any atom is 0.0542 e. The molecule has 0 bridgehead atoms. The molecule has 188 valence electrons. The number of rotatable bonds is 4. The second kappa shape index (κ2) is 9.14. The van der Waals surface area contributed by atoms with Crippen molar-refractivity contribution in [2.45, 2.75) is 0 Å². The Morgan fingerprint density at radius 3 is 1.70 bits per heavy atom. The molecule has 0 amide bonds. The summed E-state index contributed by atoms with van der Waals surface area (Å²) in [5.74, 6) is 0. The van der Waals surface area contributed by atoms with Gasteiger partial charge >= 0.3 is 0 Å². The van der Waals surface area contributed by atoms with Crippen LogP contribution in [0.1, 0.15) is 0 Å². The van der Waals surface area contributed by atoms with Crippen LogP contribution in [0.2, 0.25) is 0 Å². The SMILES string of the molecule is c1ccc(N(c2ccc3ccc4ccccc4c3c2)c2ccc3c(c2)c2ccccc2n3-c2ccccc2)cc1. The number of aromatic nitrogens is 1. The van der Waals surface area contributed by atoms with E-state index in [1.54, 1.807) is 0 Å². The first-order valence-corrected chi connectivity index (χ1v) is 13.7. The first-order valence-electron chi connectivity index (χ1n) is 13.7. The standard InChI is InChI=1S/C38H26N2/c1-3-12-29(13-4-1)39(31-22-21-28-20-19-27-11-7-8-16-33(27)35(28)25-31)32-23-24-38-36(26-32)34-17-9-10-18-37(34)40(38)30-14-5-2-6-15-30/h1-26H. The molecular formula is C38H26N2. The predicted octanol–water partition coefficient (Wildman–Crippen LogP) is 10.6. The van der Waals surface area contributed by atoms with Crippen LogP contribution in [0.15, 0.2) is 158 Å². The number of hydrogen-bond donors (Lipinski definition) is 0. The van der Waals surface area contributed by atoms with Crippen LogP contribution >= 0.6 is 0 Å². The van der Waals surface area contributed by atoms with Gasteiger partial charge < -0.3 is 9.47 Å². The van der Waals surface area contributed by atoms with Gasteiger partial charge in [-0.25, -0.2) is 0 Å². The minimum Gasteiger partial charge on any atom is -0.310 e. The van der Waals surface area contributed by atoms with Crippen molar-refractivity contribution in [2.24, 2.45) is 0 Å². The van der Waals surface area contributed by atoms with Crippen LogP contribution in [0.4, 0.5) is 17.1 Å². The maximum atomic E-state index is 2.37. The molecule has 1 aromatic heterocycles. The molecule has 0 saturated carbocycles. The van der Waals surface area contributed by atoms with Gasteiger partial charge in [-0.3, -0.25) is 0 Å². The zero-order chi connectivity index (χ0) is 26.5. The van der Waals surface area contributed by atoms with E-state index in [-0.39, 0.29) is 0 Å². The van der Waals surface area contributed by atoms with E-state index in [4.69, 9.17) is 0 Å². The average Bonchev–Trinajstić information content (AvgIpc) is 3.36. The highest BCUT2D eigenvalue weighted by Crippen LogP contribution is 2.41. The van der Waals surface area contributed by atoms with Crippen molar-refractivity contribution in [2.75, 3.05) is 4.90 Å². The lowest BCUT2D eigenvalue weighted by molar-refractivity contribution is 1.18. The van der Waals surface area contributed by atoms with Gasteiger partial charge in [0, 0.05) is 33.5 Å². The zero-order valence-corrected chi connectivity index (χ0v) is 21.9. The van der Waals surface area contributed by atoms with Gasteiger partial charge in [0.25, 0.3) is 0 Å². The van der Waals surface area contributed by atoms with E-state index in [1.807, 2.05) is 0 Å². The Morgan fingerprint density at radius 2 is 0.900 bits per heavy atom. The largest absolute Gasteiger partial charge is 0.310 e. The summed E-state index contributed by atoms with van der Waals surface area (Å²) in [6.45, 7) is 0. The molecule has 40 heavy (non-hydrogen) atoms. The molecule has 2 heteroatoms. The summed E-state index contributed by atoms with van der Waals surface area (Å²) in [4.78, 5) is 2.37. The Kier molecular flexibility index (Phi) is 5.17. The van der Waals surface area contributed by atoms with Gasteiger partial charge in [-0.2, -0.15) is 0 Å². The fraction of sp³-hybridized carbons (Fsp3) is 0. The van der Waals surface area contributed by atoms with E-state index in [0.29, 0.717) is 0 Å². The lowest BCUT2D eigenvalue weighted by Crippen LogP contribution is -2.09. The van der Waals surface area contributed by atoms with Gasteiger partial charge in [0.15, 0.2) is 0 Å². The molecule has 0 aliphatic heterocycles. The summed E-state index contributed by atoms with van der Waals surface area (Å²) in [5, 5.41) is 7.53. The lowest BCUT2D eigenvalue weighted by atomic mass is 10.0. The van der Waals surface area contributed by atoms with Gasteiger partial charge in [-0.15, -0.1) is 0 Å². The summed E-state index contributed by atoms with van der Waals surface area (Å²) in [6, 6.07) is 56.7. The zero-order valence-electron chi connectivity index (χ0n) is 21.9. The third-order valence-electron chi connectivity index (χ3n) is 7.93. The van der Waals surface area contributed by atoms with E-state index in [0.717, 1.165) is 17.1 Å². The topological polar surface area (TPSA) is 8.17 Å². The monoisotopic (exact) mass is 510 g/mol. The number of benzene rings is 7. The number of para-hydroxylation sites is 3. The Hall–Kier alpha value is -5.34. The van der Waals surface area contributed by atoms with E-state index >= 15 is 0 Å². The Balaban J connectivity index is 1.38. The summed E-state index contributed by atoms with van der Waals surface area (Å²) in [6.07, 6.45) is 0. The van der Waals surface area contributed by atoms with Gasteiger partial charge in [0.2, 0.25) is 0 Å². The second-order valence-electron chi connectivity index (χ2n) is 10.3. The summed E-state index contributed by atoms with van der Waals surface area (Å²) in [5.41, 5.74) is 6.99. The third-order valence-corrected chi connectivity index (χ3v) is 7.93. The number of anilines is 3. The van der Waals surface area contributed by atoms with Crippen molar-refractivity contribution >= 4 is 60.4 Å². The molecule has 0 aliphatic carbocycles. The fourth-order valence-electron chi connectivity index (χ4n) is 6.11. The Labute approximate surface area is 233 Å². The molecule has 0 fully saturated rings. The molecule has 0 N–H and O–H groups in total. The first kappa shape index (κ1) is 22.6. The van der Waals surface area contributed by atoms with E-state index in [2.05, 4.69) is 167 Å². The fourth-order valence-corrected chi connectivity index (χ4v) is 6.11. The minimum absolute atomic E-state index is 1.13. The van der Waals surface area contributed by atoms with Crippen molar-refractivity contribution in [1.29, 1.82) is 0 Å². The molecular weight excluding hydrogens is 484 g/mol. The molecule has 0 aliphatic rings. The van der Waals surface area contributed by atoms with E-state index in [1.165, 1.54) is 49.0 Å². The van der Waals surface area contributed by atoms with Gasteiger partial charge in [0.1, 0.15) is 0 Å². The highest BCUT2D eigenvalue weighted by molar-refractivity contribution is 6.11. The summed E-state index contributed by atoms with van der Waals surface area (Å²) >= 11 is 0. The van der Waals surface area contributed by atoms with Crippen LogP contribution in [-0.2, 0) is 0 Å². The number of nitrogens with zero attached hydrogens (tertiary/aromatic N) is 2. The highest BCUT2D eigenvalue weighted by Gasteiger charge is 2.17. The van der Waals surface area contributed by atoms with Crippen molar-refractivity contribution < 1.29 is 0 Å². The number of fused-ring (bicyclic) bond motifs is 6. The van der Waals surface area contributed by atoms with Gasteiger partial charge in [-0.05, 0) is 82.2 Å². The first-order chi connectivity index (χ1) is 19.8. The summed E-state index contributed by atoms with van der Waals surface area (Å²) in [7, 11) is 0. The molecule has 8 aromatic rings. The van der Waals surface area contributed by atoms with Crippen molar-refractivity contribution in [1.82, 2.24) is 4.57 Å². The van der Waals surface area contributed by atoms with Crippen LogP contribution in [0.3, 0.4) is 0 Å². The van der Waals surface area contributed by atoms with E-state index in [9.17, 15) is 0 Å². The Bertz CT molecular complexity index is 2160. The second-order valence-corrected chi connectivity index (χ2v) is 10.3. The molecule has 0 spiro atoms. The number of hydrogen-bond acceptors (Lipinski definition) is 1. The minimum atomic E-state index is 1.13. The molecule has 0 saturated heterocycles. The van der Waals surface area contributed by atoms with Crippen LogP contribution in [0.25, 0.3) is 49.0 Å². The summed E-state index contributed by atoms with van der Waals surface area (Å²) < 4.78 is 2.36. The highest BCUT2D eigenvalue weighted by atomic mass is 15.1. The predicted molar refractivity (Wildman–Crippen MR) is 170 cm³/mol. The molecule has 7 aromatic carbocycles.